The smallest absolute Gasteiger partial charge is 0.0220 e. The van der Waals surface area contributed by atoms with Gasteiger partial charge >= 0.3 is 0 Å². The Morgan fingerprint density at radius 1 is 1.11 bits per heavy atom. The monoisotopic (exact) mass is 254 g/mol. The van der Waals surface area contributed by atoms with Crippen LogP contribution in [0.4, 0.5) is 0 Å². The second kappa shape index (κ2) is 8.16. The quantitative estimate of drug-likeness (QED) is 0.751. The molecule has 0 spiro atoms. The number of rotatable bonds is 7. The van der Waals surface area contributed by atoms with Gasteiger partial charge in [0, 0.05) is 18.6 Å². The fourth-order valence-electron chi connectivity index (χ4n) is 3.44. The highest BCUT2D eigenvalue weighted by atomic mass is 15.2. The van der Waals surface area contributed by atoms with Crippen molar-refractivity contribution >= 4 is 0 Å². The molecule has 1 rings (SSSR count). The number of hydrogen-bond donors (Lipinski definition) is 1. The first-order valence-electron chi connectivity index (χ1n) is 7.96. The first kappa shape index (κ1) is 16.0. The molecule has 108 valence electrons. The lowest BCUT2D eigenvalue weighted by Crippen LogP contribution is -2.44. The average molecular weight is 254 g/mol. The van der Waals surface area contributed by atoms with Crippen LogP contribution in [0.25, 0.3) is 0 Å². The summed E-state index contributed by atoms with van der Waals surface area (Å²) in [7, 11) is 2.27. The molecule has 1 fully saturated rings. The second-order valence-corrected chi connectivity index (χ2v) is 6.77. The number of nitrogens with two attached hydrogens (primary N) is 1. The van der Waals surface area contributed by atoms with Gasteiger partial charge in [0.2, 0.25) is 0 Å². The van der Waals surface area contributed by atoms with Gasteiger partial charge in [-0.2, -0.15) is 0 Å². The molecule has 18 heavy (non-hydrogen) atoms. The van der Waals surface area contributed by atoms with Crippen LogP contribution in [0.2, 0.25) is 0 Å². The van der Waals surface area contributed by atoms with E-state index in [2.05, 4.69) is 32.7 Å². The average Bonchev–Trinajstić information content (AvgIpc) is 2.35. The summed E-state index contributed by atoms with van der Waals surface area (Å²) in [6.45, 7) is 7.78. The predicted octanol–water partition coefficient (Wildman–Crippen LogP) is 3.65. The van der Waals surface area contributed by atoms with E-state index in [4.69, 9.17) is 5.73 Å². The SMILES string of the molecule is CC(C)CC(C)N(C)C(CN)CC1CCCCC1. The van der Waals surface area contributed by atoms with Crippen molar-refractivity contribution in [1.82, 2.24) is 4.90 Å². The van der Waals surface area contributed by atoms with Crippen LogP contribution in [0, 0.1) is 11.8 Å². The lowest BCUT2D eigenvalue weighted by Gasteiger charge is -2.36. The van der Waals surface area contributed by atoms with E-state index >= 15 is 0 Å². The Labute approximate surface area is 114 Å². The van der Waals surface area contributed by atoms with Crippen LogP contribution >= 0.6 is 0 Å². The Bertz CT molecular complexity index is 209. The molecule has 0 aromatic carbocycles. The van der Waals surface area contributed by atoms with Crippen molar-refractivity contribution < 1.29 is 0 Å². The summed E-state index contributed by atoms with van der Waals surface area (Å²) < 4.78 is 0. The molecule has 0 bridgehead atoms. The molecule has 1 saturated carbocycles. The summed E-state index contributed by atoms with van der Waals surface area (Å²) >= 11 is 0. The van der Waals surface area contributed by atoms with Gasteiger partial charge in [-0.3, -0.25) is 4.90 Å². The van der Waals surface area contributed by atoms with E-state index in [0.29, 0.717) is 12.1 Å². The molecular formula is C16H34N2. The van der Waals surface area contributed by atoms with Crippen LogP contribution in [-0.4, -0.2) is 30.6 Å². The van der Waals surface area contributed by atoms with E-state index in [-0.39, 0.29) is 0 Å². The molecule has 0 aromatic rings. The summed E-state index contributed by atoms with van der Waals surface area (Å²) in [5.41, 5.74) is 6.02. The molecule has 2 atom stereocenters. The van der Waals surface area contributed by atoms with Gasteiger partial charge in [0.15, 0.2) is 0 Å². The van der Waals surface area contributed by atoms with Crippen molar-refractivity contribution in [2.75, 3.05) is 13.6 Å². The molecule has 0 heterocycles. The van der Waals surface area contributed by atoms with Crippen molar-refractivity contribution in [2.24, 2.45) is 17.6 Å². The zero-order chi connectivity index (χ0) is 13.5. The van der Waals surface area contributed by atoms with Gasteiger partial charge in [0.1, 0.15) is 0 Å². The molecule has 0 amide bonds. The zero-order valence-corrected chi connectivity index (χ0v) is 13.0. The molecule has 1 aliphatic rings. The number of nitrogens with zero attached hydrogens (tertiary/aromatic N) is 1. The summed E-state index contributed by atoms with van der Waals surface area (Å²) in [6, 6.07) is 1.24. The largest absolute Gasteiger partial charge is 0.329 e. The maximum absolute atomic E-state index is 6.02. The fourth-order valence-corrected chi connectivity index (χ4v) is 3.44. The topological polar surface area (TPSA) is 29.3 Å². The molecule has 0 radical (unpaired) electrons. The molecule has 2 N–H and O–H groups in total. The van der Waals surface area contributed by atoms with Gasteiger partial charge in [0.05, 0.1) is 0 Å². The van der Waals surface area contributed by atoms with Crippen LogP contribution in [0.15, 0.2) is 0 Å². The third-order valence-corrected chi connectivity index (χ3v) is 4.69. The molecule has 2 heteroatoms. The number of likely N-dealkylation sites (N-methyl/N-ethyl adjacent to an activating group) is 1. The van der Waals surface area contributed by atoms with Crippen LogP contribution in [0.5, 0.6) is 0 Å². The first-order chi connectivity index (χ1) is 8.54. The Hall–Kier alpha value is -0.0800. The minimum absolute atomic E-state index is 0.585. The Balaban J connectivity index is 2.42. The van der Waals surface area contributed by atoms with Crippen molar-refractivity contribution in [3.63, 3.8) is 0 Å². The highest BCUT2D eigenvalue weighted by Gasteiger charge is 2.23. The minimum atomic E-state index is 0.585. The maximum Gasteiger partial charge on any atom is 0.0220 e. The molecule has 0 aliphatic heterocycles. The Morgan fingerprint density at radius 3 is 2.22 bits per heavy atom. The first-order valence-corrected chi connectivity index (χ1v) is 7.96. The lowest BCUT2D eigenvalue weighted by molar-refractivity contribution is 0.137. The third-order valence-electron chi connectivity index (χ3n) is 4.69. The van der Waals surface area contributed by atoms with Gasteiger partial charge in [-0.1, -0.05) is 46.0 Å². The molecule has 1 aliphatic carbocycles. The van der Waals surface area contributed by atoms with Crippen LogP contribution < -0.4 is 5.73 Å². The van der Waals surface area contributed by atoms with E-state index in [1.807, 2.05) is 0 Å². The number of hydrogen-bond acceptors (Lipinski definition) is 2. The highest BCUT2D eigenvalue weighted by molar-refractivity contribution is 4.79. The van der Waals surface area contributed by atoms with E-state index in [1.54, 1.807) is 0 Å². The summed E-state index contributed by atoms with van der Waals surface area (Å²) in [5.74, 6) is 1.71. The highest BCUT2D eigenvalue weighted by Crippen LogP contribution is 2.28. The van der Waals surface area contributed by atoms with Crippen LogP contribution in [0.3, 0.4) is 0 Å². The Kier molecular flexibility index (Phi) is 7.25. The van der Waals surface area contributed by atoms with Crippen molar-refractivity contribution in [2.45, 2.75) is 77.8 Å². The van der Waals surface area contributed by atoms with E-state index < -0.39 is 0 Å². The molecule has 2 nitrogen and oxygen atoms in total. The molecule has 0 saturated heterocycles. The van der Waals surface area contributed by atoms with E-state index in [1.165, 1.54) is 44.9 Å². The van der Waals surface area contributed by atoms with Gasteiger partial charge in [-0.15, -0.1) is 0 Å². The van der Waals surface area contributed by atoms with Crippen molar-refractivity contribution in [3.8, 4) is 0 Å². The molecule has 0 aromatic heterocycles. The summed E-state index contributed by atoms with van der Waals surface area (Å²) in [6.07, 6.45) is 9.78. The summed E-state index contributed by atoms with van der Waals surface area (Å²) in [5, 5.41) is 0. The van der Waals surface area contributed by atoms with E-state index in [0.717, 1.165) is 18.4 Å². The second-order valence-electron chi connectivity index (χ2n) is 6.77. The molecule has 2 unspecified atom stereocenters. The summed E-state index contributed by atoms with van der Waals surface area (Å²) in [4.78, 5) is 2.54. The van der Waals surface area contributed by atoms with Gasteiger partial charge < -0.3 is 5.73 Å². The predicted molar refractivity (Wildman–Crippen MR) is 80.7 cm³/mol. The van der Waals surface area contributed by atoms with Gasteiger partial charge in [-0.05, 0) is 38.6 Å². The van der Waals surface area contributed by atoms with Crippen LogP contribution in [-0.2, 0) is 0 Å². The normalized spacial score (nSPS) is 21.5. The van der Waals surface area contributed by atoms with Gasteiger partial charge in [0.25, 0.3) is 0 Å². The maximum atomic E-state index is 6.02. The standard InChI is InChI=1S/C16H34N2/c1-13(2)10-14(3)18(4)16(12-17)11-15-8-6-5-7-9-15/h13-16H,5-12,17H2,1-4H3. The van der Waals surface area contributed by atoms with Crippen LogP contribution in [0.1, 0.15) is 65.7 Å². The zero-order valence-electron chi connectivity index (χ0n) is 13.0. The van der Waals surface area contributed by atoms with Gasteiger partial charge in [-0.25, -0.2) is 0 Å². The Morgan fingerprint density at radius 2 is 1.72 bits per heavy atom. The van der Waals surface area contributed by atoms with E-state index in [9.17, 15) is 0 Å². The van der Waals surface area contributed by atoms with Crippen molar-refractivity contribution in [3.05, 3.63) is 0 Å². The fraction of sp³-hybridized carbons (Fsp3) is 1.00. The lowest BCUT2D eigenvalue weighted by atomic mass is 9.84. The third kappa shape index (κ3) is 5.27. The van der Waals surface area contributed by atoms with Crippen molar-refractivity contribution in [1.29, 1.82) is 0 Å². The minimum Gasteiger partial charge on any atom is -0.329 e. The molecular weight excluding hydrogens is 220 g/mol.